The third kappa shape index (κ3) is 4.80. The molecule has 0 spiro atoms. The van der Waals surface area contributed by atoms with Gasteiger partial charge in [-0.25, -0.2) is 0 Å². The van der Waals surface area contributed by atoms with E-state index in [1.165, 1.54) is 0 Å². The van der Waals surface area contributed by atoms with Crippen LogP contribution in [0.3, 0.4) is 0 Å². The average molecular weight is 197 g/mol. The number of hydrogen-bond donors (Lipinski definition) is 1. The van der Waals surface area contributed by atoms with Crippen molar-refractivity contribution in [1.82, 2.24) is 0 Å². The van der Waals surface area contributed by atoms with Gasteiger partial charge in [0.2, 0.25) is 0 Å². The van der Waals surface area contributed by atoms with E-state index in [4.69, 9.17) is 9.84 Å². The van der Waals surface area contributed by atoms with Crippen LogP contribution in [0, 0.1) is 6.07 Å². The van der Waals surface area contributed by atoms with Gasteiger partial charge >= 0.3 is 0 Å². The van der Waals surface area contributed by atoms with Gasteiger partial charge in [0.05, 0.1) is 13.2 Å². The van der Waals surface area contributed by atoms with Crippen molar-refractivity contribution >= 4 is 11.8 Å². The van der Waals surface area contributed by atoms with Gasteiger partial charge in [0.25, 0.3) is 0 Å². The maximum atomic E-state index is 8.51. The first-order chi connectivity index (χ1) is 6.43. The standard InChI is InChI=1S/C10H13O2S/c11-6-8-13-9-7-12-10-4-2-1-3-5-10/h1-4,11H,6-9H2. The molecule has 0 bridgehead atoms. The number of aliphatic hydroxyl groups is 1. The molecule has 71 valence electrons. The van der Waals surface area contributed by atoms with Gasteiger partial charge in [-0.1, -0.05) is 18.2 Å². The van der Waals surface area contributed by atoms with E-state index in [0.717, 1.165) is 17.3 Å². The number of aliphatic hydroxyl groups excluding tert-OH is 1. The lowest BCUT2D eigenvalue weighted by Gasteiger charge is -2.04. The Morgan fingerprint density at radius 1 is 1.38 bits per heavy atom. The van der Waals surface area contributed by atoms with Gasteiger partial charge in [-0.05, 0) is 6.07 Å². The van der Waals surface area contributed by atoms with E-state index in [1.807, 2.05) is 24.3 Å². The highest BCUT2D eigenvalue weighted by Gasteiger charge is 1.91. The highest BCUT2D eigenvalue weighted by Crippen LogP contribution is 2.08. The van der Waals surface area contributed by atoms with Crippen LogP contribution in [0.4, 0.5) is 0 Å². The fraction of sp³-hybridized carbons (Fsp3) is 0.400. The fourth-order valence-electron chi connectivity index (χ4n) is 0.844. The van der Waals surface area contributed by atoms with Crippen LogP contribution in [0.5, 0.6) is 5.75 Å². The molecule has 0 atom stereocenters. The second-order valence-corrected chi connectivity index (χ2v) is 3.64. The van der Waals surface area contributed by atoms with Crippen molar-refractivity contribution in [3.8, 4) is 5.75 Å². The van der Waals surface area contributed by atoms with E-state index in [2.05, 4.69) is 6.07 Å². The van der Waals surface area contributed by atoms with Gasteiger partial charge in [0.15, 0.2) is 0 Å². The first-order valence-electron chi connectivity index (χ1n) is 4.21. The zero-order chi connectivity index (χ0) is 9.36. The van der Waals surface area contributed by atoms with Crippen molar-refractivity contribution in [3.63, 3.8) is 0 Å². The lowest BCUT2D eigenvalue weighted by molar-refractivity contribution is 0.321. The van der Waals surface area contributed by atoms with Crippen molar-refractivity contribution in [2.75, 3.05) is 24.7 Å². The molecule has 3 heteroatoms. The topological polar surface area (TPSA) is 29.5 Å². The summed E-state index contributed by atoms with van der Waals surface area (Å²) in [6.45, 7) is 0.910. The number of ether oxygens (including phenoxy) is 1. The summed E-state index contributed by atoms with van der Waals surface area (Å²) in [4.78, 5) is 0. The Morgan fingerprint density at radius 3 is 3.00 bits per heavy atom. The summed E-state index contributed by atoms with van der Waals surface area (Å²) in [6.07, 6.45) is 0. The first-order valence-corrected chi connectivity index (χ1v) is 5.37. The summed E-state index contributed by atoms with van der Waals surface area (Å²) < 4.78 is 5.39. The van der Waals surface area contributed by atoms with E-state index < -0.39 is 0 Å². The molecule has 0 aliphatic carbocycles. The maximum absolute atomic E-state index is 8.51. The molecule has 0 saturated heterocycles. The molecule has 13 heavy (non-hydrogen) atoms. The molecule has 1 aromatic carbocycles. The first kappa shape index (κ1) is 10.4. The third-order valence-corrected chi connectivity index (χ3v) is 2.33. The van der Waals surface area contributed by atoms with Crippen molar-refractivity contribution in [3.05, 3.63) is 30.3 Å². The van der Waals surface area contributed by atoms with Crippen LogP contribution >= 0.6 is 11.8 Å². The zero-order valence-electron chi connectivity index (χ0n) is 7.40. The molecule has 0 aromatic heterocycles. The SMILES string of the molecule is OCCSCCOc1[c]cccc1. The van der Waals surface area contributed by atoms with E-state index in [-0.39, 0.29) is 6.61 Å². The third-order valence-electron chi connectivity index (χ3n) is 1.40. The minimum absolute atomic E-state index is 0.238. The smallest absolute Gasteiger partial charge is 0.127 e. The highest BCUT2D eigenvalue weighted by molar-refractivity contribution is 7.99. The summed E-state index contributed by atoms with van der Waals surface area (Å²) in [5.41, 5.74) is 0. The van der Waals surface area contributed by atoms with Crippen LogP contribution in [0.1, 0.15) is 0 Å². The number of rotatable bonds is 6. The molecular formula is C10H13O2S. The summed E-state index contributed by atoms with van der Waals surface area (Å²) in [5.74, 6) is 2.47. The van der Waals surface area contributed by atoms with Crippen LogP contribution in [0.2, 0.25) is 0 Å². The molecule has 1 radical (unpaired) electrons. The molecular weight excluding hydrogens is 184 g/mol. The fourth-order valence-corrected chi connectivity index (χ4v) is 1.38. The number of para-hydroxylation sites is 1. The lowest BCUT2D eigenvalue weighted by atomic mass is 10.3. The molecule has 0 heterocycles. The average Bonchev–Trinajstić information content (AvgIpc) is 2.19. The predicted molar refractivity (Wildman–Crippen MR) is 55.2 cm³/mol. The number of benzene rings is 1. The molecule has 1 N–H and O–H groups in total. The second-order valence-electron chi connectivity index (χ2n) is 2.41. The molecule has 0 amide bonds. The zero-order valence-corrected chi connectivity index (χ0v) is 8.22. The van der Waals surface area contributed by atoms with Crippen LogP contribution in [-0.2, 0) is 0 Å². The summed E-state index contributed by atoms with van der Waals surface area (Å²) >= 11 is 1.68. The largest absolute Gasteiger partial charge is 0.492 e. The van der Waals surface area contributed by atoms with Crippen molar-refractivity contribution in [1.29, 1.82) is 0 Å². The maximum Gasteiger partial charge on any atom is 0.127 e. The van der Waals surface area contributed by atoms with Crippen LogP contribution in [0.25, 0.3) is 0 Å². The van der Waals surface area contributed by atoms with Gasteiger partial charge in [0.1, 0.15) is 5.75 Å². The Morgan fingerprint density at radius 2 is 2.31 bits per heavy atom. The molecule has 1 rings (SSSR count). The molecule has 0 unspecified atom stereocenters. The van der Waals surface area contributed by atoms with Crippen molar-refractivity contribution < 1.29 is 9.84 Å². The Hall–Kier alpha value is -0.670. The van der Waals surface area contributed by atoms with Gasteiger partial charge < -0.3 is 9.84 Å². The molecule has 0 aliphatic heterocycles. The Kier molecular flexibility index (Phi) is 5.45. The summed E-state index contributed by atoms with van der Waals surface area (Å²) in [6, 6.07) is 10.5. The normalized spacial score (nSPS) is 9.92. The molecule has 1 aromatic rings. The van der Waals surface area contributed by atoms with Crippen LogP contribution < -0.4 is 4.74 Å². The molecule has 2 nitrogen and oxygen atoms in total. The number of hydrogen-bond acceptors (Lipinski definition) is 3. The number of thioether (sulfide) groups is 1. The van der Waals surface area contributed by atoms with E-state index in [1.54, 1.807) is 11.8 Å². The van der Waals surface area contributed by atoms with Gasteiger partial charge in [-0.3, -0.25) is 0 Å². The van der Waals surface area contributed by atoms with Crippen molar-refractivity contribution in [2.24, 2.45) is 0 Å². The summed E-state index contributed by atoms with van der Waals surface area (Å²) in [7, 11) is 0. The van der Waals surface area contributed by atoms with Gasteiger partial charge in [-0.15, -0.1) is 0 Å². The minimum Gasteiger partial charge on any atom is -0.492 e. The van der Waals surface area contributed by atoms with E-state index in [0.29, 0.717) is 6.61 Å². The quantitative estimate of drug-likeness (QED) is 0.702. The highest BCUT2D eigenvalue weighted by atomic mass is 32.2. The monoisotopic (exact) mass is 197 g/mol. The van der Waals surface area contributed by atoms with Crippen molar-refractivity contribution in [2.45, 2.75) is 0 Å². The van der Waals surface area contributed by atoms with Gasteiger partial charge in [-0.2, -0.15) is 11.8 Å². The lowest BCUT2D eigenvalue weighted by Crippen LogP contribution is -2.01. The van der Waals surface area contributed by atoms with Crippen LogP contribution in [-0.4, -0.2) is 29.8 Å². The Balaban J connectivity index is 2.07. The summed E-state index contributed by atoms with van der Waals surface area (Å²) in [5, 5.41) is 8.51. The molecule has 0 saturated carbocycles. The predicted octanol–water partition coefficient (Wildman–Crippen LogP) is 1.59. The molecule has 0 aliphatic rings. The minimum atomic E-state index is 0.238. The van der Waals surface area contributed by atoms with E-state index >= 15 is 0 Å². The Labute approximate surface area is 82.9 Å². The van der Waals surface area contributed by atoms with E-state index in [9.17, 15) is 0 Å². The van der Waals surface area contributed by atoms with Crippen LogP contribution in [0.15, 0.2) is 24.3 Å². The second kappa shape index (κ2) is 6.80. The van der Waals surface area contributed by atoms with Gasteiger partial charge in [0, 0.05) is 17.6 Å². The Bertz CT molecular complexity index is 213. The molecule has 0 fully saturated rings.